The first kappa shape index (κ1) is 26.7. The number of rotatable bonds is 11. The summed E-state index contributed by atoms with van der Waals surface area (Å²) in [7, 11) is 0. The predicted octanol–water partition coefficient (Wildman–Crippen LogP) is 1.87. The molecule has 0 heterocycles. The van der Waals surface area contributed by atoms with Crippen molar-refractivity contribution in [3.8, 4) is 0 Å². The molecule has 0 aromatic rings. The molecule has 0 amide bonds. The fraction of sp³-hybridized carbons (Fsp3) is 0.833. The fourth-order valence-corrected chi connectivity index (χ4v) is 1.47. The van der Waals surface area contributed by atoms with Gasteiger partial charge in [-0.25, -0.2) is 4.79 Å². The first-order chi connectivity index (χ1) is 12.0. The minimum atomic E-state index is -1.20. The molecule has 8 heteroatoms. The third kappa shape index (κ3) is 11.2. The maximum Gasteiger partial charge on any atom is 0.378 e. The van der Waals surface area contributed by atoms with Crippen LogP contribution in [0.25, 0.3) is 0 Å². The van der Waals surface area contributed by atoms with Gasteiger partial charge in [0.05, 0.1) is 38.1 Å². The lowest BCUT2D eigenvalue weighted by Gasteiger charge is -2.24. The van der Waals surface area contributed by atoms with Crippen LogP contribution in [0.2, 0.25) is 0 Å². The molecule has 0 bridgehead atoms. The number of hydrogen-bond acceptors (Lipinski definition) is 7. The SMILES string of the molecule is CC(C)OC(OC(C)C)=C(OC(C)C)C(=O)O.CCC(CO)(CO)CO. The average molecular weight is 380 g/mol. The monoisotopic (exact) mass is 380 g/mol. The van der Waals surface area contributed by atoms with Crippen molar-refractivity contribution in [2.45, 2.75) is 73.2 Å². The standard InChI is InChI=1S/C12H22O5.C6H14O3/c1-7(2)15-10(11(13)14)12(16-8(3)4)17-9(5)6;1-2-6(3-7,4-8)5-9/h7-9H,1-6H3,(H,13,14);7-9H,2-5H2,1H3. The van der Waals surface area contributed by atoms with Crippen molar-refractivity contribution in [2.75, 3.05) is 19.8 Å². The average Bonchev–Trinajstić information content (AvgIpc) is 2.54. The van der Waals surface area contributed by atoms with E-state index in [1.165, 1.54) is 0 Å². The Bertz CT molecular complexity index is 382. The molecular weight excluding hydrogens is 344 g/mol. The summed E-state index contributed by atoms with van der Waals surface area (Å²) >= 11 is 0. The lowest BCUT2D eigenvalue weighted by atomic mass is 9.88. The van der Waals surface area contributed by atoms with Crippen LogP contribution in [0.5, 0.6) is 0 Å². The van der Waals surface area contributed by atoms with Crippen LogP contribution in [0.15, 0.2) is 11.7 Å². The maximum absolute atomic E-state index is 11.1. The summed E-state index contributed by atoms with van der Waals surface area (Å²) in [4.78, 5) is 11.1. The molecule has 0 saturated carbocycles. The number of aliphatic hydroxyl groups excluding tert-OH is 3. The highest BCUT2D eigenvalue weighted by Gasteiger charge is 2.25. The van der Waals surface area contributed by atoms with Crippen molar-refractivity contribution in [3.05, 3.63) is 11.7 Å². The van der Waals surface area contributed by atoms with Gasteiger partial charge in [0.2, 0.25) is 0 Å². The molecule has 0 fully saturated rings. The second-order valence-electron chi connectivity index (χ2n) is 6.75. The number of hydrogen-bond donors (Lipinski definition) is 4. The summed E-state index contributed by atoms with van der Waals surface area (Å²) in [6.45, 7) is 12.0. The first-order valence-electron chi connectivity index (χ1n) is 8.78. The van der Waals surface area contributed by atoms with E-state index in [0.717, 1.165) is 0 Å². The predicted molar refractivity (Wildman–Crippen MR) is 97.3 cm³/mol. The Morgan fingerprint density at radius 1 is 0.808 bits per heavy atom. The number of aliphatic carboxylic acids is 1. The van der Waals surface area contributed by atoms with Crippen LogP contribution in [0.3, 0.4) is 0 Å². The summed E-state index contributed by atoms with van der Waals surface area (Å²) in [6, 6.07) is 0. The van der Waals surface area contributed by atoms with Crippen LogP contribution in [-0.2, 0) is 19.0 Å². The van der Waals surface area contributed by atoms with Crippen molar-refractivity contribution in [1.29, 1.82) is 0 Å². The van der Waals surface area contributed by atoms with Gasteiger partial charge in [-0.15, -0.1) is 0 Å². The fourth-order valence-electron chi connectivity index (χ4n) is 1.47. The lowest BCUT2D eigenvalue weighted by Crippen LogP contribution is -2.32. The van der Waals surface area contributed by atoms with E-state index in [0.29, 0.717) is 6.42 Å². The molecule has 0 aromatic carbocycles. The van der Waals surface area contributed by atoms with Crippen LogP contribution in [-0.4, -0.2) is 64.5 Å². The van der Waals surface area contributed by atoms with Gasteiger partial charge >= 0.3 is 11.9 Å². The number of ether oxygens (including phenoxy) is 3. The molecule has 0 radical (unpaired) electrons. The Hall–Kier alpha value is -1.51. The Morgan fingerprint density at radius 3 is 1.31 bits per heavy atom. The highest BCUT2D eigenvalue weighted by Crippen LogP contribution is 2.18. The Kier molecular flexibility index (Phi) is 14.0. The van der Waals surface area contributed by atoms with Crippen LogP contribution in [0, 0.1) is 5.41 Å². The molecule has 0 aliphatic rings. The Morgan fingerprint density at radius 2 is 1.15 bits per heavy atom. The van der Waals surface area contributed by atoms with E-state index in [4.69, 9.17) is 34.6 Å². The summed E-state index contributed by atoms with van der Waals surface area (Å²) in [5, 5.41) is 35.0. The van der Waals surface area contributed by atoms with E-state index in [-0.39, 0.29) is 49.8 Å². The summed E-state index contributed by atoms with van der Waals surface area (Å²) < 4.78 is 15.9. The van der Waals surface area contributed by atoms with Crippen molar-refractivity contribution >= 4 is 5.97 Å². The van der Waals surface area contributed by atoms with Gasteiger partial charge in [-0.05, 0) is 48.0 Å². The van der Waals surface area contributed by atoms with Gasteiger partial charge in [-0.2, -0.15) is 0 Å². The van der Waals surface area contributed by atoms with Crippen molar-refractivity contribution in [1.82, 2.24) is 0 Å². The highest BCUT2D eigenvalue weighted by atomic mass is 16.7. The van der Waals surface area contributed by atoms with E-state index in [1.54, 1.807) is 41.5 Å². The van der Waals surface area contributed by atoms with E-state index in [2.05, 4.69) is 0 Å². The van der Waals surface area contributed by atoms with Gasteiger partial charge in [0.25, 0.3) is 5.76 Å². The molecular formula is C18H36O8. The zero-order chi connectivity index (χ0) is 20.9. The topological polar surface area (TPSA) is 126 Å². The Balaban J connectivity index is 0. The summed E-state index contributed by atoms with van der Waals surface area (Å²) in [5.41, 5.74) is -0.667. The van der Waals surface area contributed by atoms with Crippen LogP contribution in [0.1, 0.15) is 54.9 Å². The van der Waals surface area contributed by atoms with E-state index in [9.17, 15) is 4.79 Å². The molecule has 0 unspecified atom stereocenters. The van der Waals surface area contributed by atoms with Crippen LogP contribution in [0.4, 0.5) is 0 Å². The smallest absolute Gasteiger partial charge is 0.378 e. The van der Waals surface area contributed by atoms with Crippen LogP contribution >= 0.6 is 0 Å². The molecule has 26 heavy (non-hydrogen) atoms. The van der Waals surface area contributed by atoms with Gasteiger partial charge < -0.3 is 34.6 Å². The zero-order valence-corrected chi connectivity index (χ0v) is 17.0. The minimum Gasteiger partial charge on any atom is -0.479 e. The quantitative estimate of drug-likeness (QED) is 0.316. The normalized spacial score (nSPS) is 11.1. The van der Waals surface area contributed by atoms with Gasteiger partial charge in [-0.3, -0.25) is 0 Å². The maximum atomic E-state index is 11.1. The van der Waals surface area contributed by atoms with Gasteiger partial charge in [0, 0.05) is 5.41 Å². The largest absolute Gasteiger partial charge is 0.479 e. The molecule has 0 aliphatic heterocycles. The summed E-state index contributed by atoms with van der Waals surface area (Å²) in [5.74, 6) is -1.56. The molecule has 0 aromatic heterocycles. The number of carbonyl (C=O) groups is 1. The minimum absolute atomic E-state index is 0.0730. The zero-order valence-electron chi connectivity index (χ0n) is 17.0. The molecule has 8 nitrogen and oxygen atoms in total. The highest BCUT2D eigenvalue weighted by molar-refractivity contribution is 5.84. The Labute approximate surface area is 156 Å². The number of carboxylic acid groups (broad SMARTS) is 1. The molecule has 0 rings (SSSR count). The molecule has 0 spiro atoms. The lowest BCUT2D eigenvalue weighted by molar-refractivity contribution is -0.140. The van der Waals surface area contributed by atoms with Gasteiger partial charge in [0.1, 0.15) is 0 Å². The number of carboxylic acids is 1. The van der Waals surface area contributed by atoms with Gasteiger partial charge in [0.15, 0.2) is 0 Å². The van der Waals surface area contributed by atoms with Gasteiger partial charge in [-0.1, -0.05) is 6.92 Å². The molecule has 156 valence electrons. The third-order valence-electron chi connectivity index (χ3n) is 3.17. The number of aliphatic hydroxyl groups is 3. The molecule has 4 N–H and O–H groups in total. The van der Waals surface area contributed by atoms with Crippen molar-refractivity contribution < 1.29 is 39.4 Å². The van der Waals surface area contributed by atoms with E-state index >= 15 is 0 Å². The van der Waals surface area contributed by atoms with E-state index in [1.807, 2.05) is 6.92 Å². The second-order valence-corrected chi connectivity index (χ2v) is 6.75. The molecule has 0 aliphatic carbocycles. The first-order valence-corrected chi connectivity index (χ1v) is 8.78. The molecule has 0 atom stereocenters. The van der Waals surface area contributed by atoms with Crippen molar-refractivity contribution in [3.63, 3.8) is 0 Å². The molecule has 0 saturated heterocycles. The van der Waals surface area contributed by atoms with E-state index < -0.39 is 11.4 Å². The summed E-state index contributed by atoms with van der Waals surface area (Å²) in [6.07, 6.45) is -0.0402. The van der Waals surface area contributed by atoms with Crippen molar-refractivity contribution in [2.24, 2.45) is 5.41 Å². The van der Waals surface area contributed by atoms with Crippen LogP contribution < -0.4 is 0 Å². The third-order valence-corrected chi connectivity index (χ3v) is 3.17. The second kappa shape index (κ2) is 13.7.